The molecule has 1 aliphatic rings. The van der Waals surface area contributed by atoms with Crippen molar-refractivity contribution in [3.63, 3.8) is 0 Å². The van der Waals surface area contributed by atoms with Crippen molar-refractivity contribution in [1.82, 2.24) is 15.1 Å². The molecule has 4 aromatic carbocycles. The van der Waals surface area contributed by atoms with E-state index in [-0.39, 0.29) is 36.4 Å². The average molecular weight is 623 g/mol. The van der Waals surface area contributed by atoms with Gasteiger partial charge < -0.3 is 25.6 Å². The Bertz CT molecular complexity index is 1690. The van der Waals surface area contributed by atoms with Crippen molar-refractivity contribution >= 4 is 39.5 Å². The summed E-state index contributed by atoms with van der Waals surface area (Å²) in [6.45, 7) is 6.66. The lowest BCUT2D eigenvalue weighted by molar-refractivity contribution is -0.138. The highest BCUT2D eigenvalue weighted by Crippen LogP contribution is 2.23. The first-order valence-corrected chi connectivity index (χ1v) is 16.2. The third-order valence-corrected chi connectivity index (χ3v) is 8.84. The molecule has 0 bridgehead atoms. The molecule has 4 aromatic rings. The average Bonchev–Trinajstić information content (AvgIpc) is 3.05. The van der Waals surface area contributed by atoms with E-state index in [0.29, 0.717) is 38.8 Å². The molecule has 46 heavy (non-hydrogen) atoms. The SMILES string of the molecule is CN(C(=O)C(Cc1ccc2ccccc2c1)NC(=O)C1CCN(C(=O)OC(C)(C)C)CC1)[C@@H](CN)Cc1ccc2ccccc2c1. The standard InChI is InChI=1S/C38H46N4O4/c1-38(2,3)46-37(45)42-19-17-30(18-20-42)35(43)40-34(24-27-14-16-29-10-6-8-12-32(29)22-27)36(44)41(4)33(25-39)23-26-13-15-28-9-5-7-11-31(28)21-26/h5-16,21-22,30,33-34H,17-20,23-25,39H2,1-4H3,(H,40,43)/t33-,34?/m1/s1. The second-order valence-corrected chi connectivity index (χ2v) is 13.4. The summed E-state index contributed by atoms with van der Waals surface area (Å²) in [7, 11) is 1.78. The molecule has 0 saturated carbocycles. The van der Waals surface area contributed by atoms with Crippen LogP contribution in [0.3, 0.4) is 0 Å². The van der Waals surface area contributed by atoms with Crippen LogP contribution in [0, 0.1) is 5.92 Å². The molecule has 0 aliphatic carbocycles. The van der Waals surface area contributed by atoms with Gasteiger partial charge in [-0.05, 0) is 72.7 Å². The number of carbonyl (C=O) groups is 3. The van der Waals surface area contributed by atoms with Gasteiger partial charge in [0.15, 0.2) is 0 Å². The number of ether oxygens (including phenoxy) is 1. The Morgan fingerprint density at radius 1 is 0.848 bits per heavy atom. The first kappa shape index (κ1) is 32.9. The van der Waals surface area contributed by atoms with Gasteiger partial charge in [-0.3, -0.25) is 9.59 Å². The van der Waals surface area contributed by atoms with Gasteiger partial charge in [-0.15, -0.1) is 0 Å². The normalized spacial score (nSPS) is 15.4. The molecule has 0 radical (unpaired) electrons. The number of nitrogens with zero attached hydrogens (tertiary/aromatic N) is 2. The maximum absolute atomic E-state index is 14.2. The molecule has 8 nitrogen and oxygen atoms in total. The summed E-state index contributed by atoms with van der Waals surface area (Å²) in [5, 5.41) is 7.61. The van der Waals surface area contributed by atoms with Crippen LogP contribution < -0.4 is 11.1 Å². The summed E-state index contributed by atoms with van der Waals surface area (Å²) >= 11 is 0. The lowest BCUT2D eigenvalue weighted by atomic mass is 9.94. The van der Waals surface area contributed by atoms with Gasteiger partial charge in [0, 0.05) is 45.1 Å². The predicted molar refractivity (Wildman–Crippen MR) is 183 cm³/mol. The van der Waals surface area contributed by atoms with E-state index in [1.807, 2.05) is 63.2 Å². The van der Waals surface area contributed by atoms with Gasteiger partial charge in [0.2, 0.25) is 11.8 Å². The summed E-state index contributed by atoms with van der Waals surface area (Å²) in [6.07, 6.45) is 1.60. The van der Waals surface area contributed by atoms with Crippen LogP contribution in [-0.4, -0.2) is 72.1 Å². The van der Waals surface area contributed by atoms with Gasteiger partial charge in [0.25, 0.3) is 0 Å². The molecule has 3 amide bonds. The smallest absolute Gasteiger partial charge is 0.410 e. The Balaban J connectivity index is 1.31. The van der Waals surface area contributed by atoms with Crippen LogP contribution in [0.5, 0.6) is 0 Å². The number of rotatable bonds is 9. The number of nitrogens with one attached hydrogen (secondary N) is 1. The molecule has 5 rings (SSSR count). The second-order valence-electron chi connectivity index (χ2n) is 13.4. The molecule has 1 aliphatic heterocycles. The highest BCUT2D eigenvalue weighted by Gasteiger charge is 2.33. The van der Waals surface area contributed by atoms with Crippen molar-refractivity contribution in [3.8, 4) is 0 Å². The molecular weight excluding hydrogens is 576 g/mol. The van der Waals surface area contributed by atoms with Gasteiger partial charge in [0.05, 0.1) is 0 Å². The fourth-order valence-corrected chi connectivity index (χ4v) is 6.18. The van der Waals surface area contributed by atoms with Gasteiger partial charge in [-0.1, -0.05) is 84.9 Å². The Hall–Kier alpha value is -4.43. The van der Waals surface area contributed by atoms with Crippen LogP contribution in [0.2, 0.25) is 0 Å². The molecule has 8 heteroatoms. The quantitative estimate of drug-likeness (QED) is 0.249. The van der Waals surface area contributed by atoms with Gasteiger partial charge in [-0.2, -0.15) is 0 Å². The second kappa shape index (κ2) is 14.3. The van der Waals surface area contributed by atoms with E-state index < -0.39 is 11.6 Å². The Kier molecular flexibility index (Phi) is 10.3. The molecule has 1 fully saturated rings. The molecule has 0 spiro atoms. The lowest BCUT2D eigenvalue weighted by Crippen LogP contribution is -2.55. The number of likely N-dealkylation sites (N-methyl/N-ethyl adjacent to an activating group) is 1. The first-order valence-electron chi connectivity index (χ1n) is 16.2. The zero-order valence-corrected chi connectivity index (χ0v) is 27.4. The van der Waals surface area contributed by atoms with Crippen molar-refractivity contribution in [2.45, 2.75) is 64.1 Å². The van der Waals surface area contributed by atoms with Crippen molar-refractivity contribution in [3.05, 3.63) is 96.1 Å². The molecular formula is C38H46N4O4. The maximum atomic E-state index is 14.2. The van der Waals surface area contributed by atoms with E-state index >= 15 is 0 Å². The van der Waals surface area contributed by atoms with E-state index in [4.69, 9.17) is 10.5 Å². The highest BCUT2D eigenvalue weighted by atomic mass is 16.6. The van der Waals surface area contributed by atoms with Crippen LogP contribution in [0.25, 0.3) is 21.5 Å². The monoisotopic (exact) mass is 622 g/mol. The van der Waals surface area contributed by atoms with Crippen LogP contribution in [-0.2, 0) is 27.2 Å². The zero-order chi connectivity index (χ0) is 32.8. The number of nitrogens with two attached hydrogens (primary N) is 1. The number of likely N-dealkylation sites (tertiary alicyclic amines) is 1. The zero-order valence-electron chi connectivity index (χ0n) is 27.4. The van der Waals surface area contributed by atoms with Gasteiger partial charge >= 0.3 is 6.09 Å². The number of amides is 3. The van der Waals surface area contributed by atoms with Crippen LogP contribution >= 0.6 is 0 Å². The van der Waals surface area contributed by atoms with Crippen molar-refractivity contribution in [1.29, 1.82) is 0 Å². The minimum atomic E-state index is -0.770. The Morgan fingerprint density at radius 3 is 1.89 bits per heavy atom. The van der Waals surface area contributed by atoms with Gasteiger partial charge in [-0.25, -0.2) is 4.79 Å². The summed E-state index contributed by atoms with van der Waals surface area (Å²) < 4.78 is 5.51. The third-order valence-electron chi connectivity index (χ3n) is 8.84. The van der Waals surface area contributed by atoms with Gasteiger partial charge in [0.1, 0.15) is 11.6 Å². The summed E-state index contributed by atoms with van der Waals surface area (Å²) in [5.74, 6) is -0.655. The Morgan fingerprint density at radius 2 is 1.37 bits per heavy atom. The largest absolute Gasteiger partial charge is 0.444 e. The molecule has 1 unspecified atom stereocenters. The summed E-state index contributed by atoms with van der Waals surface area (Å²) in [4.78, 5) is 43.8. The predicted octanol–water partition coefficient (Wildman–Crippen LogP) is 5.70. The topological polar surface area (TPSA) is 105 Å². The molecule has 2 atom stereocenters. The maximum Gasteiger partial charge on any atom is 0.410 e. The number of hydrogen-bond acceptors (Lipinski definition) is 5. The lowest BCUT2D eigenvalue weighted by Gasteiger charge is -2.34. The highest BCUT2D eigenvalue weighted by molar-refractivity contribution is 5.90. The van der Waals surface area contributed by atoms with Crippen LogP contribution in [0.15, 0.2) is 84.9 Å². The number of benzene rings is 4. The molecule has 3 N–H and O–H groups in total. The van der Waals surface area contributed by atoms with E-state index in [9.17, 15) is 14.4 Å². The summed E-state index contributed by atoms with van der Waals surface area (Å²) in [5.41, 5.74) is 7.74. The number of fused-ring (bicyclic) bond motifs is 2. The van der Waals surface area contributed by atoms with Crippen molar-refractivity contribution in [2.24, 2.45) is 11.7 Å². The molecule has 242 valence electrons. The van der Waals surface area contributed by atoms with E-state index in [2.05, 4.69) is 47.8 Å². The minimum Gasteiger partial charge on any atom is -0.444 e. The van der Waals surface area contributed by atoms with E-state index in [0.717, 1.165) is 32.7 Å². The van der Waals surface area contributed by atoms with Crippen molar-refractivity contribution in [2.75, 3.05) is 26.7 Å². The number of carbonyl (C=O) groups excluding carboxylic acids is 3. The van der Waals surface area contributed by atoms with Crippen LogP contribution in [0.1, 0.15) is 44.7 Å². The fourth-order valence-electron chi connectivity index (χ4n) is 6.18. The minimum absolute atomic E-state index is 0.171. The van der Waals surface area contributed by atoms with Crippen LogP contribution in [0.4, 0.5) is 4.79 Å². The number of piperidine rings is 1. The third kappa shape index (κ3) is 8.23. The molecule has 1 heterocycles. The molecule has 1 saturated heterocycles. The van der Waals surface area contributed by atoms with E-state index in [1.165, 1.54) is 0 Å². The first-order chi connectivity index (χ1) is 22.0. The fraction of sp³-hybridized carbons (Fsp3) is 0.395. The summed E-state index contributed by atoms with van der Waals surface area (Å²) in [6, 6.07) is 27.7. The molecule has 0 aromatic heterocycles. The van der Waals surface area contributed by atoms with E-state index in [1.54, 1.807) is 16.8 Å². The van der Waals surface area contributed by atoms with Crippen molar-refractivity contribution < 1.29 is 19.1 Å². The Labute approximate surface area is 271 Å². The number of hydrogen-bond donors (Lipinski definition) is 2.